The summed E-state index contributed by atoms with van der Waals surface area (Å²) in [7, 11) is 3.50. The van der Waals surface area contributed by atoms with Gasteiger partial charge in [-0.3, -0.25) is 4.99 Å². The maximum absolute atomic E-state index is 12.1. The van der Waals surface area contributed by atoms with Gasteiger partial charge < -0.3 is 15.2 Å². The van der Waals surface area contributed by atoms with Crippen molar-refractivity contribution in [1.82, 2.24) is 20.2 Å². The third-order valence-corrected chi connectivity index (χ3v) is 3.84. The Morgan fingerprint density at radius 3 is 2.56 bits per heavy atom. The van der Waals surface area contributed by atoms with Crippen molar-refractivity contribution in [2.24, 2.45) is 4.99 Å². The highest BCUT2D eigenvalue weighted by Crippen LogP contribution is 2.21. The number of benzene rings is 1. The smallest absolute Gasteiger partial charge is 0.356 e. The van der Waals surface area contributed by atoms with Gasteiger partial charge in [-0.25, -0.2) is 4.98 Å². The van der Waals surface area contributed by atoms with Gasteiger partial charge in [0, 0.05) is 27.1 Å². The molecular formula is C18H25F3IN5. The van der Waals surface area contributed by atoms with Crippen LogP contribution in [0.15, 0.2) is 41.5 Å². The van der Waals surface area contributed by atoms with Crippen molar-refractivity contribution >= 4 is 29.9 Å². The van der Waals surface area contributed by atoms with Crippen molar-refractivity contribution in [3.05, 3.63) is 42.4 Å². The van der Waals surface area contributed by atoms with Crippen LogP contribution in [0.3, 0.4) is 0 Å². The van der Waals surface area contributed by atoms with E-state index in [9.17, 15) is 13.2 Å². The molecule has 9 heteroatoms. The van der Waals surface area contributed by atoms with Crippen LogP contribution in [-0.2, 0) is 6.54 Å². The van der Waals surface area contributed by atoms with E-state index >= 15 is 0 Å². The summed E-state index contributed by atoms with van der Waals surface area (Å²) >= 11 is 0. The highest BCUT2D eigenvalue weighted by atomic mass is 127. The van der Waals surface area contributed by atoms with E-state index in [0.717, 1.165) is 17.1 Å². The van der Waals surface area contributed by atoms with Crippen molar-refractivity contribution in [2.45, 2.75) is 32.0 Å². The van der Waals surface area contributed by atoms with E-state index in [1.54, 1.807) is 13.2 Å². The van der Waals surface area contributed by atoms with Gasteiger partial charge in [0.1, 0.15) is 5.82 Å². The number of nitrogens with one attached hydrogen (secondary N) is 2. The molecule has 27 heavy (non-hydrogen) atoms. The van der Waals surface area contributed by atoms with Gasteiger partial charge in [-0.05, 0) is 18.4 Å². The van der Waals surface area contributed by atoms with Crippen LogP contribution in [0.2, 0.25) is 0 Å². The number of H-pyrrole nitrogens is 1. The van der Waals surface area contributed by atoms with E-state index in [0.29, 0.717) is 25.5 Å². The molecule has 2 rings (SSSR count). The van der Waals surface area contributed by atoms with Crippen molar-refractivity contribution in [1.29, 1.82) is 0 Å². The molecule has 0 aliphatic rings. The Morgan fingerprint density at radius 1 is 1.22 bits per heavy atom. The zero-order chi connectivity index (χ0) is 19.0. The molecule has 2 aromatic rings. The summed E-state index contributed by atoms with van der Waals surface area (Å²) in [5, 5.41) is 3.08. The Kier molecular flexibility index (Phi) is 9.61. The second kappa shape index (κ2) is 11.2. The summed E-state index contributed by atoms with van der Waals surface area (Å²) < 4.78 is 36.4. The monoisotopic (exact) mass is 495 g/mol. The van der Waals surface area contributed by atoms with Crippen LogP contribution in [-0.4, -0.2) is 47.6 Å². The lowest BCUT2D eigenvalue weighted by Crippen LogP contribution is -2.39. The highest BCUT2D eigenvalue weighted by molar-refractivity contribution is 14.0. The number of unbranched alkanes of at least 4 members (excludes halogenated alkanes) is 1. The number of hydrogen-bond acceptors (Lipinski definition) is 2. The van der Waals surface area contributed by atoms with Crippen LogP contribution in [0.4, 0.5) is 13.2 Å². The second-order valence-electron chi connectivity index (χ2n) is 6.01. The summed E-state index contributed by atoms with van der Waals surface area (Å²) in [6.07, 6.45) is -2.51. The quantitative estimate of drug-likeness (QED) is 0.259. The average Bonchev–Trinajstić information content (AvgIpc) is 3.06. The van der Waals surface area contributed by atoms with E-state index in [2.05, 4.69) is 20.3 Å². The fraction of sp³-hybridized carbons (Fsp3) is 0.444. The number of guanidine groups is 1. The standard InChI is InChI=1S/C18H24F3N5.HI/c1-22-17(23-11-7-6-10-18(19,20)21)26(2)13-16-24-12-15(25-16)14-8-4-3-5-9-14;/h3-5,8-9,12H,6-7,10-11,13H2,1-2H3,(H,22,23)(H,24,25);1H. The van der Waals surface area contributed by atoms with Gasteiger partial charge in [-0.2, -0.15) is 13.2 Å². The Balaban J connectivity index is 0.00000364. The van der Waals surface area contributed by atoms with Gasteiger partial charge in [0.05, 0.1) is 18.4 Å². The molecule has 0 spiro atoms. The predicted molar refractivity (Wildman–Crippen MR) is 112 cm³/mol. The molecule has 0 atom stereocenters. The molecule has 0 unspecified atom stereocenters. The number of imidazole rings is 1. The van der Waals surface area contributed by atoms with E-state index in [-0.39, 0.29) is 30.4 Å². The molecule has 1 heterocycles. The predicted octanol–water partition coefficient (Wildman–Crippen LogP) is 4.43. The zero-order valence-corrected chi connectivity index (χ0v) is 17.7. The lowest BCUT2D eigenvalue weighted by Gasteiger charge is -2.21. The lowest BCUT2D eigenvalue weighted by molar-refractivity contribution is -0.135. The summed E-state index contributed by atoms with van der Waals surface area (Å²) in [4.78, 5) is 13.7. The lowest BCUT2D eigenvalue weighted by atomic mass is 10.2. The molecule has 2 N–H and O–H groups in total. The number of aromatic nitrogens is 2. The number of hydrogen-bond donors (Lipinski definition) is 2. The topological polar surface area (TPSA) is 56.3 Å². The second-order valence-corrected chi connectivity index (χ2v) is 6.01. The number of aromatic amines is 1. The first-order valence-electron chi connectivity index (χ1n) is 8.47. The minimum atomic E-state index is -4.09. The van der Waals surface area contributed by atoms with Crippen LogP contribution in [0.5, 0.6) is 0 Å². The van der Waals surface area contributed by atoms with E-state index in [1.807, 2.05) is 42.3 Å². The third kappa shape index (κ3) is 8.19. The number of alkyl halides is 3. The van der Waals surface area contributed by atoms with Crippen LogP contribution >= 0.6 is 24.0 Å². The zero-order valence-electron chi connectivity index (χ0n) is 15.4. The molecule has 0 saturated heterocycles. The number of rotatable bonds is 7. The van der Waals surface area contributed by atoms with Crippen molar-refractivity contribution in [2.75, 3.05) is 20.6 Å². The summed E-state index contributed by atoms with van der Waals surface area (Å²) in [6, 6.07) is 9.89. The van der Waals surface area contributed by atoms with Crippen LogP contribution in [0, 0.1) is 0 Å². The number of aliphatic imine (C=N–C) groups is 1. The first kappa shape index (κ1) is 23.3. The van der Waals surface area contributed by atoms with Crippen molar-refractivity contribution < 1.29 is 13.2 Å². The highest BCUT2D eigenvalue weighted by Gasteiger charge is 2.25. The Hall–Kier alpha value is -1.78. The first-order valence-corrected chi connectivity index (χ1v) is 8.47. The SMILES string of the molecule is CN=C(NCCCCC(F)(F)F)N(C)Cc1ncc(-c2ccccc2)[nH]1.I. The van der Waals surface area contributed by atoms with Gasteiger partial charge in [0.15, 0.2) is 5.96 Å². The molecular weight excluding hydrogens is 470 g/mol. The average molecular weight is 495 g/mol. The minimum Gasteiger partial charge on any atom is -0.356 e. The summed E-state index contributed by atoms with van der Waals surface area (Å²) in [5.74, 6) is 1.40. The first-order chi connectivity index (χ1) is 12.4. The molecule has 0 amide bonds. The molecule has 0 bridgehead atoms. The van der Waals surface area contributed by atoms with Gasteiger partial charge in [-0.1, -0.05) is 30.3 Å². The van der Waals surface area contributed by atoms with E-state index in [1.165, 1.54) is 0 Å². The van der Waals surface area contributed by atoms with Gasteiger partial charge in [-0.15, -0.1) is 24.0 Å². The molecule has 1 aromatic carbocycles. The maximum Gasteiger partial charge on any atom is 0.389 e. The molecule has 0 saturated carbocycles. The fourth-order valence-corrected chi connectivity index (χ4v) is 2.54. The Bertz CT molecular complexity index is 701. The van der Waals surface area contributed by atoms with Gasteiger partial charge >= 0.3 is 6.18 Å². The Labute approximate surface area is 174 Å². The molecule has 150 valence electrons. The number of halogens is 4. The summed E-state index contributed by atoms with van der Waals surface area (Å²) in [5.41, 5.74) is 1.99. The van der Waals surface area contributed by atoms with Gasteiger partial charge in [0.25, 0.3) is 0 Å². The molecule has 1 aromatic heterocycles. The van der Waals surface area contributed by atoms with E-state index in [4.69, 9.17) is 0 Å². The van der Waals surface area contributed by atoms with Crippen molar-refractivity contribution in [3.63, 3.8) is 0 Å². The normalized spacial score (nSPS) is 11.8. The van der Waals surface area contributed by atoms with Crippen LogP contribution in [0.1, 0.15) is 25.1 Å². The van der Waals surface area contributed by atoms with Crippen LogP contribution < -0.4 is 5.32 Å². The largest absolute Gasteiger partial charge is 0.389 e. The molecule has 0 radical (unpaired) electrons. The van der Waals surface area contributed by atoms with Crippen LogP contribution in [0.25, 0.3) is 11.3 Å². The fourth-order valence-electron chi connectivity index (χ4n) is 2.54. The van der Waals surface area contributed by atoms with Gasteiger partial charge in [0.2, 0.25) is 0 Å². The number of nitrogens with zero attached hydrogens (tertiary/aromatic N) is 3. The van der Waals surface area contributed by atoms with Crippen molar-refractivity contribution in [3.8, 4) is 11.3 Å². The summed E-state index contributed by atoms with van der Waals surface area (Å²) in [6.45, 7) is 0.954. The maximum atomic E-state index is 12.1. The Morgan fingerprint density at radius 2 is 1.93 bits per heavy atom. The molecule has 0 fully saturated rings. The third-order valence-electron chi connectivity index (χ3n) is 3.84. The van der Waals surface area contributed by atoms with E-state index < -0.39 is 12.6 Å². The molecule has 0 aliphatic carbocycles. The molecule has 0 aliphatic heterocycles. The molecule has 5 nitrogen and oxygen atoms in total. The minimum absolute atomic E-state index is 0.